The molecule has 0 bridgehead atoms. The molecule has 0 spiro atoms. The zero-order valence-electron chi connectivity index (χ0n) is 16.7. The lowest BCUT2D eigenvalue weighted by molar-refractivity contribution is -0.118. The minimum Gasteiger partial charge on any atom is -0.378 e. The van der Waals surface area contributed by atoms with Gasteiger partial charge in [0.25, 0.3) is 5.91 Å². The molecule has 0 saturated carbocycles. The Morgan fingerprint density at radius 1 is 1.00 bits per heavy atom. The predicted octanol–water partition coefficient (Wildman–Crippen LogP) is 3.06. The highest BCUT2D eigenvalue weighted by molar-refractivity contribution is 6.01. The second-order valence-electron chi connectivity index (χ2n) is 7.34. The molecule has 1 aliphatic heterocycles. The van der Waals surface area contributed by atoms with E-state index in [0.717, 1.165) is 18.8 Å². The molecule has 1 aliphatic rings. The van der Waals surface area contributed by atoms with E-state index in [0.29, 0.717) is 24.5 Å². The second kappa shape index (κ2) is 9.52. The van der Waals surface area contributed by atoms with Gasteiger partial charge < -0.3 is 20.3 Å². The predicted molar refractivity (Wildman–Crippen MR) is 111 cm³/mol. The van der Waals surface area contributed by atoms with E-state index in [4.69, 9.17) is 4.74 Å². The standard InChI is InChI=1S/C22H26FN3O3/c1-15(2)20(25-21(27)16-3-5-17(23)6-4-16)22(28)24-18-7-9-19(10-8-18)26-11-13-29-14-12-26/h3-10,15,20H,11-14H2,1-2H3,(H,24,28)(H,25,27). The van der Waals surface area contributed by atoms with Crippen LogP contribution in [0.15, 0.2) is 48.5 Å². The number of benzene rings is 2. The molecule has 0 aliphatic carbocycles. The van der Waals surface area contributed by atoms with Crippen molar-refractivity contribution < 1.29 is 18.7 Å². The monoisotopic (exact) mass is 399 g/mol. The van der Waals surface area contributed by atoms with Gasteiger partial charge in [0.05, 0.1) is 13.2 Å². The van der Waals surface area contributed by atoms with Gasteiger partial charge in [0, 0.05) is 30.0 Å². The maximum absolute atomic E-state index is 13.1. The highest BCUT2D eigenvalue weighted by Crippen LogP contribution is 2.19. The average Bonchev–Trinajstić information content (AvgIpc) is 2.73. The fourth-order valence-electron chi connectivity index (χ4n) is 3.16. The van der Waals surface area contributed by atoms with Gasteiger partial charge in [0.1, 0.15) is 11.9 Å². The third-order valence-corrected chi connectivity index (χ3v) is 4.85. The zero-order valence-corrected chi connectivity index (χ0v) is 16.7. The Kier molecular flexibility index (Phi) is 6.82. The molecule has 0 aromatic heterocycles. The van der Waals surface area contributed by atoms with E-state index in [1.165, 1.54) is 24.3 Å². The normalized spacial score (nSPS) is 15.1. The molecule has 3 rings (SSSR count). The van der Waals surface area contributed by atoms with Crippen LogP contribution in [0.25, 0.3) is 0 Å². The van der Waals surface area contributed by atoms with Gasteiger partial charge in [-0.15, -0.1) is 0 Å². The Morgan fingerprint density at radius 2 is 1.62 bits per heavy atom. The van der Waals surface area contributed by atoms with Crippen LogP contribution in [0.1, 0.15) is 24.2 Å². The lowest BCUT2D eigenvalue weighted by atomic mass is 10.0. The van der Waals surface area contributed by atoms with E-state index in [-0.39, 0.29) is 11.8 Å². The molecule has 7 heteroatoms. The number of carbonyl (C=O) groups excluding carboxylic acids is 2. The molecular formula is C22H26FN3O3. The van der Waals surface area contributed by atoms with Crippen molar-refractivity contribution in [2.45, 2.75) is 19.9 Å². The molecule has 1 atom stereocenters. The first-order valence-electron chi connectivity index (χ1n) is 9.74. The summed E-state index contributed by atoms with van der Waals surface area (Å²) in [4.78, 5) is 27.4. The third kappa shape index (κ3) is 5.54. The number of nitrogens with zero attached hydrogens (tertiary/aromatic N) is 1. The van der Waals surface area contributed by atoms with Crippen LogP contribution in [0.4, 0.5) is 15.8 Å². The highest BCUT2D eigenvalue weighted by atomic mass is 19.1. The number of halogens is 1. The number of morpholine rings is 1. The molecule has 1 fully saturated rings. The van der Waals surface area contributed by atoms with Crippen molar-refractivity contribution in [3.05, 3.63) is 59.9 Å². The third-order valence-electron chi connectivity index (χ3n) is 4.85. The molecule has 2 aromatic carbocycles. The van der Waals surface area contributed by atoms with Gasteiger partial charge in [-0.3, -0.25) is 9.59 Å². The summed E-state index contributed by atoms with van der Waals surface area (Å²) in [6.07, 6.45) is 0. The molecule has 29 heavy (non-hydrogen) atoms. The molecule has 2 N–H and O–H groups in total. The van der Waals surface area contributed by atoms with Crippen molar-refractivity contribution in [3.8, 4) is 0 Å². The van der Waals surface area contributed by atoms with Gasteiger partial charge in [-0.2, -0.15) is 0 Å². The minimum atomic E-state index is -0.716. The summed E-state index contributed by atoms with van der Waals surface area (Å²) in [5, 5.41) is 5.60. The molecule has 2 amide bonds. The lowest BCUT2D eigenvalue weighted by Crippen LogP contribution is -2.47. The van der Waals surface area contributed by atoms with E-state index < -0.39 is 17.8 Å². The molecular weight excluding hydrogens is 373 g/mol. The topological polar surface area (TPSA) is 70.7 Å². The van der Waals surface area contributed by atoms with Gasteiger partial charge >= 0.3 is 0 Å². The van der Waals surface area contributed by atoms with Crippen molar-refractivity contribution in [3.63, 3.8) is 0 Å². The molecule has 1 unspecified atom stereocenters. The molecule has 1 saturated heterocycles. The number of anilines is 2. The number of nitrogens with one attached hydrogen (secondary N) is 2. The number of carbonyl (C=O) groups is 2. The van der Waals surface area contributed by atoms with Crippen LogP contribution in [0.5, 0.6) is 0 Å². The van der Waals surface area contributed by atoms with E-state index in [1.54, 1.807) is 0 Å². The maximum atomic E-state index is 13.1. The smallest absolute Gasteiger partial charge is 0.251 e. The van der Waals surface area contributed by atoms with Gasteiger partial charge in [0.15, 0.2) is 0 Å². The zero-order chi connectivity index (χ0) is 20.8. The summed E-state index contributed by atoms with van der Waals surface area (Å²) in [6.45, 7) is 6.82. The first-order valence-corrected chi connectivity index (χ1v) is 9.74. The summed E-state index contributed by atoms with van der Waals surface area (Å²) < 4.78 is 18.4. The first-order chi connectivity index (χ1) is 13.9. The summed E-state index contributed by atoms with van der Waals surface area (Å²) >= 11 is 0. The van der Waals surface area contributed by atoms with Crippen LogP contribution in [0.3, 0.4) is 0 Å². The van der Waals surface area contributed by atoms with Crippen LogP contribution in [-0.4, -0.2) is 44.2 Å². The minimum absolute atomic E-state index is 0.118. The molecule has 0 radical (unpaired) electrons. The number of hydrogen-bond acceptors (Lipinski definition) is 4. The van der Waals surface area contributed by atoms with Gasteiger partial charge in [-0.05, 0) is 54.4 Å². The lowest BCUT2D eigenvalue weighted by Gasteiger charge is -2.29. The summed E-state index contributed by atoms with van der Waals surface area (Å²) in [6, 6.07) is 12.1. The van der Waals surface area contributed by atoms with E-state index in [1.807, 2.05) is 38.1 Å². The average molecular weight is 399 g/mol. The van der Waals surface area contributed by atoms with Crippen molar-refractivity contribution in [2.24, 2.45) is 5.92 Å². The Bertz CT molecular complexity index is 831. The van der Waals surface area contributed by atoms with Crippen molar-refractivity contribution in [1.29, 1.82) is 0 Å². The van der Waals surface area contributed by atoms with Crippen LogP contribution in [0, 0.1) is 11.7 Å². The summed E-state index contributed by atoms with van der Waals surface area (Å²) in [5.74, 6) is -1.25. The Morgan fingerprint density at radius 3 is 2.21 bits per heavy atom. The fourth-order valence-corrected chi connectivity index (χ4v) is 3.16. The Balaban J connectivity index is 1.63. The van der Waals surface area contributed by atoms with Crippen molar-refractivity contribution in [1.82, 2.24) is 5.32 Å². The molecule has 1 heterocycles. The number of rotatable bonds is 6. The summed E-state index contributed by atoms with van der Waals surface area (Å²) in [7, 11) is 0. The van der Waals surface area contributed by atoms with Crippen LogP contribution in [0.2, 0.25) is 0 Å². The second-order valence-corrected chi connectivity index (χ2v) is 7.34. The van der Waals surface area contributed by atoms with Crippen LogP contribution >= 0.6 is 0 Å². The van der Waals surface area contributed by atoms with Gasteiger partial charge in [-0.1, -0.05) is 13.8 Å². The summed E-state index contributed by atoms with van der Waals surface area (Å²) in [5.41, 5.74) is 2.05. The Hall–Kier alpha value is -2.93. The van der Waals surface area contributed by atoms with Crippen LogP contribution < -0.4 is 15.5 Å². The van der Waals surface area contributed by atoms with Gasteiger partial charge in [-0.25, -0.2) is 4.39 Å². The van der Waals surface area contributed by atoms with Gasteiger partial charge in [0.2, 0.25) is 5.91 Å². The Labute approximate surface area is 170 Å². The maximum Gasteiger partial charge on any atom is 0.251 e. The fraction of sp³-hybridized carbons (Fsp3) is 0.364. The number of hydrogen-bond donors (Lipinski definition) is 2. The molecule has 2 aromatic rings. The largest absolute Gasteiger partial charge is 0.378 e. The SMILES string of the molecule is CC(C)C(NC(=O)c1ccc(F)cc1)C(=O)Nc1ccc(N2CCOCC2)cc1. The van der Waals surface area contributed by atoms with Crippen molar-refractivity contribution >= 4 is 23.2 Å². The van der Waals surface area contributed by atoms with E-state index >= 15 is 0 Å². The van der Waals surface area contributed by atoms with Crippen LogP contribution in [-0.2, 0) is 9.53 Å². The van der Waals surface area contributed by atoms with E-state index in [2.05, 4.69) is 15.5 Å². The molecule has 154 valence electrons. The molecule has 6 nitrogen and oxygen atoms in total. The number of ether oxygens (including phenoxy) is 1. The number of amides is 2. The highest BCUT2D eigenvalue weighted by Gasteiger charge is 2.25. The first kappa shape index (κ1) is 20.8. The quantitative estimate of drug-likeness (QED) is 0.783. The van der Waals surface area contributed by atoms with Crippen molar-refractivity contribution in [2.75, 3.05) is 36.5 Å². The van der Waals surface area contributed by atoms with E-state index in [9.17, 15) is 14.0 Å².